The second-order valence-corrected chi connectivity index (χ2v) is 7.08. The van der Waals surface area contributed by atoms with Gasteiger partial charge < -0.3 is 10.0 Å². The summed E-state index contributed by atoms with van der Waals surface area (Å²) in [5.41, 5.74) is 0. The lowest BCUT2D eigenvalue weighted by molar-refractivity contribution is -0.134. The van der Waals surface area contributed by atoms with Crippen LogP contribution >= 0.6 is 0 Å². The number of carbonyl (C=O) groups is 1. The molecule has 3 unspecified atom stereocenters. The van der Waals surface area contributed by atoms with E-state index in [1.165, 1.54) is 0 Å². The van der Waals surface area contributed by atoms with Crippen molar-refractivity contribution < 1.29 is 18.3 Å². The molecule has 0 spiro atoms. The van der Waals surface area contributed by atoms with E-state index in [1.807, 2.05) is 6.92 Å². The number of aliphatic hydroxyl groups excluding tert-OH is 1. The Labute approximate surface area is 115 Å². The van der Waals surface area contributed by atoms with Crippen LogP contribution in [-0.4, -0.2) is 55.3 Å². The zero-order chi connectivity index (χ0) is 14.6. The first-order valence-electron chi connectivity index (χ1n) is 6.73. The molecule has 0 saturated carbocycles. The van der Waals surface area contributed by atoms with E-state index in [0.717, 1.165) is 6.42 Å². The van der Waals surface area contributed by atoms with Gasteiger partial charge in [0.2, 0.25) is 15.9 Å². The number of nitrogens with zero attached hydrogens (tertiary/aromatic N) is 1. The zero-order valence-electron chi connectivity index (χ0n) is 11.8. The summed E-state index contributed by atoms with van der Waals surface area (Å²) < 4.78 is 25.7. The van der Waals surface area contributed by atoms with Crippen LogP contribution in [-0.2, 0) is 14.8 Å². The van der Waals surface area contributed by atoms with Crippen LogP contribution in [0.2, 0.25) is 0 Å². The van der Waals surface area contributed by atoms with Gasteiger partial charge in [-0.25, -0.2) is 13.1 Å². The lowest BCUT2D eigenvalue weighted by atomic mass is 10.0. The van der Waals surface area contributed by atoms with Crippen molar-refractivity contribution in [3.8, 4) is 0 Å². The second kappa shape index (κ2) is 6.67. The predicted molar refractivity (Wildman–Crippen MR) is 73.0 cm³/mol. The van der Waals surface area contributed by atoms with E-state index in [0.29, 0.717) is 13.0 Å². The van der Waals surface area contributed by atoms with E-state index in [2.05, 4.69) is 4.72 Å². The van der Waals surface area contributed by atoms with Gasteiger partial charge in [0.1, 0.15) is 0 Å². The fourth-order valence-electron chi connectivity index (χ4n) is 2.46. The Morgan fingerprint density at radius 2 is 2.16 bits per heavy atom. The van der Waals surface area contributed by atoms with Gasteiger partial charge in [-0.3, -0.25) is 4.79 Å². The summed E-state index contributed by atoms with van der Waals surface area (Å²) in [5, 5.41) is 9.32. The number of hydrogen-bond donors (Lipinski definition) is 2. The van der Waals surface area contributed by atoms with E-state index >= 15 is 0 Å². The summed E-state index contributed by atoms with van der Waals surface area (Å²) in [6.45, 7) is 5.80. The summed E-state index contributed by atoms with van der Waals surface area (Å²) in [7, 11) is -3.40. The van der Waals surface area contributed by atoms with E-state index in [9.17, 15) is 18.3 Å². The molecular weight excluding hydrogens is 268 g/mol. The number of likely N-dealkylation sites (tertiary alicyclic amines) is 1. The Balaban J connectivity index is 2.67. The summed E-state index contributed by atoms with van der Waals surface area (Å²) in [6.07, 6.45) is 1.35. The van der Waals surface area contributed by atoms with Crippen molar-refractivity contribution in [2.45, 2.75) is 45.7 Å². The van der Waals surface area contributed by atoms with Crippen LogP contribution in [0.15, 0.2) is 0 Å². The number of amides is 1. The minimum atomic E-state index is -3.40. The fraction of sp³-hybridized carbons (Fsp3) is 0.917. The van der Waals surface area contributed by atoms with Crippen LogP contribution in [0.5, 0.6) is 0 Å². The van der Waals surface area contributed by atoms with Crippen molar-refractivity contribution in [3.05, 3.63) is 0 Å². The van der Waals surface area contributed by atoms with Crippen LogP contribution < -0.4 is 4.72 Å². The first-order chi connectivity index (χ1) is 8.82. The van der Waals surface area contributed by atoms with Crippen molar-refractivity contribution in [1.82, 2.24) is 9.62 Å². The average Bonchev–Trinajstić information content (AvgIpc) is 2.68. The first kappa shape index (κ1) is 16.4. The minimum Gasteiger partial charge on any atom is -0.394 e. The number of carbonyl (C=O) groups excluding carboxylic acids is 1. The van der Waals surface area contributed by atoms with Crippen molar-refractivity contribution in [1.29, 1.82) is 0 Å². The van der Waals surface area contributed by atoms with Gasteiger partial charge in [0.15, 0.2) is 0 Å². The molecule has 3 atom stereocenters. The van der Waals surface area contributed by atoms with E-state index in [1.54, 1.807) is 18.7 Å². The molecule has 1 aliphatic heterocycles. The Hall–Kier alpha value is -0.660. The summed E-state index contributed by atoms with van der Waals surface area (Å²) in [5.74, 6) is 0.00115. The minimum absolute atomic E-state index is 0.0183. The molecule has 1 amide bonds. The van der Waals surface area contributed by atoms with Gasteiger partial charge in [0.05, 0.1) is 24.4 Å². The Bertz CT molecular complexity index is 410. The monoisotopic (exact) mass is 292 g/mol. The molecule has 7 heteroatoms. The van der Waals surface area contributed by atoms with E-state index in [-0.39, 0.29) is 30.2 Å². The lowest BCUT2D eigenvalue weighted by Crippen LogP contribution is -2.50. The van der Waals surface area contributed by atoms with Crippen LogP contribution in [0.3, 0.4) is 0 Å². The molecule has 1 rings (SSSR count). The average molecular weight is 292 g/mol. The van der Waals surface area contributed by atoms with Crippen molar-refractivity contribution in [2.75, 3.05) is 18.9 Å². The summed E-state index contributed by atoms with van der Waals surface area (Å²) >= 11 is 0. The van der Waals surface area contributed by atoms with E-state index < -0.39 is 16.1 Å². The molecule has 6 nitrogen and oxygen atoms in total. The zero-order valence-corrected chi connectivity index (χ0v) is 12.6. The third kappa shape index (κ3) is 4.15. The smallest absolute Gasteiger partial charge is 0.240 e. The molecule has 1 fully saturated rings. The molecule has 2 N–H and O–H groups in total. The normalized spacial score (nSPS) is 25.6. The highest BCUT2D eigenvalue weighted by Crippen LogP contribution is 2.24. The first-order valence-corrected chi connectivity index (χ1v) is 8.39. The molecule has 1 heterocycles. The molecule has 0 bridgehead atoms. The molecule has 19 heavy (non-hydrogen) atoms. The SMILES string of the molecule is CCCS(=O)(=O)NC(C)C(=O)N1CCC(C)C1CO. The molecular formula is C12H24N2O4S. The Morgan fingerprint density at radius 1 is 1.53 bits per heavy atom. The quantitative estimate of drug-likeness (QED) is 0.717. The highest BCUT2D eigenvalue weighted by atomic mass is 32.2. The summed E-state index contributed by atoms with van der Waals surface area (Å²) in [6, 6.07) is -0.985. The van der Waals surface area contributed by atoms with Gasteiger partial charge in [-0.1, -0.05) is 13.8 Å². The van der Waals surface area contributed by atoms with Gasteiger partial charge >= 0.3 is 0 Å². The maximum Gasteiger partial charge on any atom is 0.240 e. The molecule has 1 saturated heterocycles. The number of sulfonamides is 1. The lowest BCUT2D eigenvalue weighted by Gasteiger charge is -2.28. The Morgan fingerprint density at radius 3 is 2.68 bits per heavy atom. The molecule has 0 aromatic rings. The van der Waals surface area contributed by atoms with Crippen molar-refractivity contribution in [2.24, 2.45) is 5.92 Å². The van der Waals surface area contributed by atoms with Gasteiger partial charge in [-0.05, 0) is 25.7 Å². The van der Waals surface area contributed by atoms with Crippen molar-refractivity contribution in [3.63, 3.8) is 0 Å². The second-order valence-electron chi connectivity index (χ2n) is 5.21. The molecule has 0 radical (unpaired) electrons. The fourth-order valence-corrected chi connectivity index (χ4v) is 3.75. The van der Waals surface area contributed by atoms with Crippen LogP contribution in [0.25, 0.3) is 0 Å². The van der Waals surface area contributed by atoms with Gasteiger partial charge in [0.25, 0.3) is 0 Å². The molecule has 112 valence electrons. The predicted octanol–water partition coefficient (Wildman–Crippen LogP) is -0.0664. The maximum atomic E-state index is 12.2. The highest BCUT2D eigenvalue weighted by Gasteiger charge is 2.36. The van der Waals surface area contributed by atoms with Crippen molar-refractivity contribution >= 4 is 15.9 Å². The number of hydrogen-bond acceptors (Lipinski definition) is 4. The molecule has 0 aromatic carbocycles. The maximum absolute atomic E-state index is 12.2. The Kier molecular flexibility index (Phi) is 5.76. The number of aliphatic hydroxyl groups is 1. The van der Waals surface area contributed by atoms with Crippen LogP contribution in [0.4, 0.5) is 0 Å². The topological polar surface area (TPSA) is 86.7 Å². The summed E-state index contributed by atoms with van der Waals surface area (Å²) in [4.78, 5) is 13.8. The molecule has 1 aliphatic rings. The third-order valence-corrected chi connectivity index (χ3v) is 5.21. The van der Waals surface area contributed by atoms with Gasteiger partial charge in [-0.2, -0.15) is 0 Å². The van der Waals surface area contributed by atoms with Crippen LogP contribution in [0, 0.1) is 5.92 Å². The largest absolute Gasteiger partial charge is 0.394 e. The van der Waals surface area contributed by atoms with E-state index in [4.69, 9.17) is 0 Å². The number of rotatable bonds is 6. The van der Waals surface area contributed by atoms with Gasteiger partial charge in [0, 0.05) is 6.54 Å². The number of nitrogens with one attached hydrogen (secondary N) is 1. The highest BCUT2D eigenvalue weighted by molar-refractivity contribution is 7.89. The van der Waals surface area contributed by atoms with Crippen LogP contribution in [0.1, 0.15) is 33.6 Å². The standard InChI is InChI=1S/C12H24N2O4S/c1-4-7-19(17,18)13-10(3)12(16)14-6-5-9(2)11(14)8-15/h9-11,13,15H,4-8H2,1-3H3. The third-order valence-electron chi connectivity index (χ3n) is 3.55. The van der Waals surface area contributed by atoms with Gasteiger partial charge in [-0.15, -0.1) is 0 Å². The molecule has 0 aromatic heterocycles. The molecule has 0 aliphatic carbocycles.